The van der Waals surface area contributed by atoms with E-state index in [1.165, 1.54) is 11.0 Å². The summed E-state index contributed by atoms with van der Waals surface area (Å²) in [6, 6.07) is 11.3. The molecule has 2 aromatic heterocycles. The second kappa shape index (κ2) is 14.3. The predicted octanol–water partition coefficient (Wildman–Crippen LogP) is 1.57. The maximum atomic E-state index is 13.1. The summed E-state index contributed by atoms with van der Waals surface area (Å²) >= 11 is 0. The van der Waals surface area contributed by atoms with Gasteiger partial charge in [-0.15, -0.1) is 0 Å². The molecule has 2 aliphatic heterocycles. The number of nitrogens with two attached hydrogens (primary N) is 2. The topological polar surface area (TPSA) is 180 Å². The zero-order valence-electron chi connectivity index (χ0n) is 30.4. The van der Waals surface area contributed by atoms with Crippen LogP contribution in [0.4, 0.5) is 11.4 Å². The first-order valence-corrected chi connectivity index (χ1v) is 18.1. The Kier molecular flexibility index (Phi) is 9.75. The SMILES string of the molecule is [B]C([B])(c1cccc(C(=O)N(C)C)n1)N1CCC(n2ncc3c2CN(C)c2c(NC(/C=C(\N)NC(=O)C4CC4)=C(/N)C(=O)NC4CC4)cccc2-3)CC1. The largest absolute Gasteiger partial charge is 0.393 e. The number of nitrogens with one attached hydrogen (secondary N) is 3. The lowest BCUT2D eigenvalue weighted by Crippen LogP contribution is -2.51. The highest BCUT2D eigenvalue weighted by molar-refractivity contribution is 6.39. The quantitative estimate of drug-likeness (QED) is 0.111. The average Bonchev–Trinajstić information content (AvgIpc) is 4.09. The van der Waals surface area contributed by atoms with Crippen LogP contribution in [0.1, 0.15) is 66.4 Å². The highest BCUT2D eigenvalue weighted by Crippen LogP contribution is 2.44. The maximum Gasteiger partial charge on any atom is 0.271 e. The summed E-state index contributed by atoms with van der Waals surface area (Å²) in [5.74, 6) is -0.689. The van der Waals surface area contributed by atoms with Gasteiger partial charge in [-0.05, 0) is 75.2 Å². The molecule has 3 fully saturated rings. The molecule has 0 bridgehead atoms. The summed E-state index contributed by atoms with van der Waals surface area (Å²) in [5.41, 5.74) is 18.4. The number of hydrogen-bond acceptors (Lipinski definition) is 10. The van der Waals surface area contributed by atoms with Crippen LogP contribution < -0.4 is 32.3 Å². The Bertz CT molecular complexity index is 1990. The molecule has 16 heteroatoms. The van der Waals surface area contributed by atoms with E-state index in [0.29, 0.717) is 31.0 Å². The van der Waals surface area contributed by atoms with Crippen molar-refractivity contribution < 1.29 is 14.4 Å². The van der Waals surface area contributed by atoms with Crippen LogP contribution in [0.3, 0.4) is 0 Å². The molecule has 3 aromatic rings. The summed E-state index contributed by atoms with van der Waals surface area (Å²) in [7, 11) is 18.8. The summed E-state index contributed by atoms with van der Waals surface area (Å²) in [6.07, 6.45) is 8.44. The Labute approximate surface area is 312 Å². The van der Waals surface area contributed by atoms with Gasteiger partial charge in [0, 0.05) is 56.0 Å². The van der Waals surface area contributed by atoms with Crippen LogP contribution in [0.15, 0.2) is 65.9 Å². The Morgan fingerprint density at radius 2 is 1.70 bits per heavy atom. The first-order chi connectivity index (χ1) is 25.3. The Morgan fingerprint density at radius 3 is 2.38 bits per heavy atom. The molecular formula is C37H45B2N11O3. The number of carbonyl (C=O) groups is 3. The Balaban J connectivity index is 1.11. The number of piperidine rings is 1. The van der Waals surface area contributed by atoms with E-state index >= 15 is 0 Å². The second-order valence-corrected chi connectivity index (χ2v) is 14.7. The zero-order chi connectivity index (χ0) is 37.6. The second-order valence-electron chi connectivity index (χ2n) is 14.7. The molecule has 1 saturated heterocycles. The van der Waals surface area contributed by atoms with Crippen LogP contribution >= 0.6 is 0 Å². The van der Waals surface area contributed by atoms with Gasteiger partial charge in [0.1, 0.15) is 17.2 Å². The van der Waals surface area contributed by atoms with Gasteiger partial charge in [-0.25, -0.2) is 4.98 Å². The number of rotatable bonds is 11. The van der Waals surface area contributed by atoms with Crippen LogP contribution in [0.5, 0.6) is 0 Å². The summed E-state index contributed by atoms with van der Waals surface area (Å²) < 4.78 is 2.12. The van der Waals surface area contributed by atoms with Gasteiger partial charge in [0.05, 0.1) is 57.2 Å². The number of hydrogen-bond donors (Lipinski definition) is 5. The fourth-order valence-electron chi connectivity index (χ4n) is 7.03. The predicted molar refractivity (Wildman–Crippen MR) is 204 cm³/mol. The first-order valence-electron chi connectivity index (χ1n) is 18.1. The van der Waals surface area contributed by atoms with Crippen molar-refractivity contribution in [2.75, 3.05) is 44.4 Å². The number of likely N-dealkylation sites (tertiary alicyclic amines) is 1. The van der Waals surface area contributed by atoms with E-state index in [2.05, 4.69) is 36.6 Å². The fourth-order valence-corrected chi connectivity index (χ4v) is 7.03. The van der Waals surface area contributed by atoms with Crippen molar-refractivity contribution in [1.29, 1.82) is 0 Å². The van der Waals surface area contributed by atoms with E-state index < -0.39 is 11.2 Å². The number of allylic oxidation sites excluding steroid dienone is 1. The molecule has 0 spiro atoms. The van der Waals surface area contributed by atoms with E-state index in [4.69, 9.17) is 32.3 Å². The number of benzene rings is 1. The lowest BCUT2D eigenvalue weighted by atomic mass is 9.58. The van der Waals surface area contributed by atoms with Gasteiger partial charge in [0.25, 0.3) is 11.8 Å². The molecule has 7 rings (SSSR count). The minimum Gasteiger partial charge on any atom is -0.393 e. The highest BCUT2D eigenvalue weighted by Gasteiger charge is 2.36. The number of para-hydroxylation sites is 1. The third-order valence-electron chi connectivity index (χ3n) is 10.3. The van der Waals surface area contributed by atoms with Crippen molar-refractivity contribution in [2.45, 2.75) is 62.5 Å². The maximum absolute atomic E-state index is 13.1. The monoisotopic (exact) mass is 713 g/mol. The fraction of sp³-hybridized carbons (Fsp3) is 0.432. The molecule has 4 heterocycles. The van der Waals surface area contributed by atoms with Gasteiger partial charge < -0.3 is 42.1 Å². The van der Waals surface area contributed by atoms with Crippen molar-refractivity contribution in [1.82, 2.24) is 35.2 Å². The van der Waals surface area contributed by atoms with Crippen LogP contribution in [0, 0.1) is 5.92 Å². The highest BCUT2D eigenvalue weighted by atomic mass is 16.2. The van der Waals surface area contributed by atoms with E-state index in [0.717, 1.165) is 66.7 Å². The summed E-state index contributed by atoms with van der Waals surface area (Å²) in [6.45, 7) is 1.81. The van der Waals surface area contributed by atoms with Crippen LogP contribution in [0.25, 0.3) is 11.1 Å². The first kappa shape index (κ1) is 36.1. The van der Waals surface area contributed by atoms with Crippen LogP contribution in [0.2, 0.25) is 0 Å². The minimum absolute atomic E-state index is 0.0269. The molecule has 0 atom stereocenters. The summed E-state index contributed by atoms with van der Waals surface area (Å²) in [5, 5.41) is 12.6. The molecule has 2 saturated carbocycles. The molecule has 4 radical (unpaired) electrons. The molecule has 2 aliphatic carbocycles. The van der Waals surface area contributed by atoms with Crippen molar-refractivity contribution in [3.05, 3.63) is 83.0 Å². The lowest BCUT2D eigenvalue weighted by molar-refractivity contribution is -0.121. The lowest BCUT2D eigenvalue weighted by Gasteiger charge is -2.44. The normalized spacial score (nSPS) is 18.4. The number of pyridine rings is 1. The van der Waals surface area contributed by atoms with E-state index in [9.17, 15) is 14.4 Å². The van der Waals surface area contributed by atoms with E-state index in [1.54, 1.807) is 32.3 Å². The average molecular weight is 713 g/mol. The molecule has 14 nitrogen and oxygen atoms in total. The number of aromatic nitrogens is 3. The number of nitrogens with zero attached hydrogens (tertiary/aromatic N) is 6. The number of anilines is 2. The van der Waals surface area contributed by atoms with Crippen molar-refractivity contribution in [3.63, 3.8) is 0 Å². The van der Waals surface area contributed by atoms with E-state index in [-0.39, 0.29) is 47.0 Å². The standard InChI is InChI=1S/C37H45B2N11O3/c1-47(2)36(53)27-8-5-9-30(45-27)37(38,39)49-16-14-23(15-17-49)50-29-20-48(3)33-24(25(29)19-42-50)6-4-7-26(33)44-28(32(41)35(52)43-22-12-13-22)18-31(40)46-34(51)21-10-11-21/h4-9,18-19,21-23,44H,10-17,20,40-41H2,1-3H3,(H,43,52)(H,46,51)/b31-18+,32-28+. The number of fused-ring (bicyclic) bond motifs is 3. The van der Waals surface area contributed by atoms with Gasteiger partial charge in [-0.2, -0.15) is 5.10 Å². The Morgan fingerprint density at radius 1 is 0.981 bits per heavy atom. The molecular weight excluding hydrogens is 668 g/mol. The molecule has 7 N–H and O–H groups in total. The van der Waals surface area contributed by atoms with Gasteiger partial charge in [0.2, 0.25) is 5.91 Å². The summed E-state index contributed by atoms with van der Waals surface area (Å²) in [4.78, 5) is 48.2. The number of amides is 3. The van der Waals surface area contributed by atoms with Gasteiger partial charge in [-0.1, -0.05) is 18.2 Å². The van der Waals surface area contributed by atoms with Crippen molar-refractivity contribution >= 4 is 44.8 Å². The van der Waals surface area contributed by atoms with Crippen molar-refractivity contribution in [3.8, 4) is 11.1 Å². The van der Waals surface area contributed by atoms with Gasteiger partial charge in [0.15, 0.2) is 0 Å². The molecule has 53 heavy (non-hydrogen) atoms. The molecule has 1 aromatic carbocycles. The third kappa shape index (κ3) is 7.50. The molecule has 3 amide bonds. The van der Waals surface area contributed by atoms with Crippen LogP contribution in [-0.4, -0.2) is 98.3 Å². The number of carbonyl (C=O) groups excluding carboxylic acids is 3. The van der Waals surface area contributed by atoms with Crippen LogP contribution in [-0.2, 0) is 21.5 Å². The smallest absolute Gasteiger partial charge is 0.271 e. The zero-order valence-corrected chi connectivity index (χ0v) is 30.4. The molecule has 4 aliphatic rings. The van der Waals surface area contributed by atoms with Gasteiger partial charge >= 0.3 is 0 Å². The van der Waals surface area contributed by atoms with Crippen molar-refractivity contribution in [2.24, 2.45) is 17.4 Å². The minimum atomic E-state index is -1.35. The molecule has 272 valence electrons. The Hall–Kier alpha value is -5.24. The van der Waals surface area contributed by atoms with Gasteiger partial charge in [-0.3, -0.25) is 19.1 Å². The molecule has 0 unspecified atom stereocenters. The van der Waals surface area contributed by atoms with E-state index in [1.807, 2.05) is 30.3 Å². The third-order valence-corrected chi connectivity index (χ3v) is 10.3.